The minimum Gasteiger partial charge on any atom is -0.396 e. The molecule has 0 aliphatic carbocycles. The van der Waals surface area contributed by atoms with E-state index >= 15 is 0 Å². The first-order valence-corrected chi connectivity index (χ1v) is 6.16. The van der Waals surface area contributed by atoms with Crippen molar-refractivity contribution in [3.8, 4) is 0 Å². The zero-order valence-electron chi connectivity index (χ0n) is 10.2. The largest absolute Gasteiger partial charge is 0.396 e. The number of aliphatic hydroxyl groups excluding tert-OH is 1. The van der Waals surface area contributed by atoms with E-state index in [0.29, 0.717) is 5.92 Å². The maximum Gasteiger partial charge on any atom is 0.150 e. The molecule has 1 fully saturated rings. The first-order valence-electron chi connectivity index (χ1n) is 6.16. The molecule has 17 heavy (non-hydrogen) atoms. The molecule has 3 heteroatoms. The van der Waals surface area contributed by atoms with Crippen LogP contribution in [0.15, 0.2) is 18.2 Å². The molecule has 0 aromatic heterocycles. The Balaban J connectivity index is 2.18. The number of aldehydes is 1. The van der Waals surface area contributed by atoms with Gasteiger partial charge >= 0.3 is 0 Å². The molecule has 92 valence electrons. The van der Waals surface area contributed by atoms with E-state index in [1.165, 1.54) is 5.69 Å². The van der Waals surface area contributed by atoms with Crippen LogP contribution in [0.3, 0.4) is 0 Å². The molecule has 1 unspecified atom stereocenters. The summed E-state index contributed by atoms with van der Waals surface area (Å²) in [6.07, 6.45) is 3.11. The van der Waals surface area contributed by atoms with Crippen molar-refractivity contribution in [1.29, 1.82) is 0 Å². The van der Waals surface area contributed by atoms with Crippen molar-refractivity contribution in [1.82, 2.24) is 0 Å². The molecule has 0 bridgehead atoms. The molecule has 0 radical (unpaired) electrons. The first kappa shape index (κ1) is 12.1. The number of hydrogen-bond acceptors (Lipinski definition) is 3. The number of benzene rings is 1. The summed E-state index contributed by atoms with van der Waals surface area (Å²) in [5.74, 6) is 0.383. The molecular weight excluding hydrogens is 214 g/mol. The maximum atomic E-state index is 10.7. The highest BCUT2D eigenvalue weighted by Gasteiger charge is 2.20. The number of anilines is 1. The van der Waals surface area contributed by atoms with Crippen molar-refractivity contribution >= 4 is 12.0 Å². The SMILES string of the molecule is Cc1cc(C=O)ccc1N1CCCC(CO)C1. The van der Waals surface area contributed by atoms with Crippen molar-refractivity contribution in [2.24, 2.45) is 5.92 Å². The third-order valence-corrected chi connectivity index (χ3v) is 3.47. The number of aryl methyl sites for hydroxylation is 1. The quantitative estimate of drug-likeness (QED) is 0.812. The van der Waals surface area contributed by atoms with E-state index in [1.54, 1.807) is 0 Å². The molecular formula is C14H19NO2. The number of rotatable bonds is 3. The van der Waals surface area contributed by atoms with Crippen LogP contribution in [0.5, 0.6) is 0 Å². The van der Waals surface area contributed by atoms with Crippen LogP contribution in [-0.2, 0) is 0 Å². The van der Waals surface area contributed by atoms with Gasteiger partial charge in [-0.05, 0) is 49.4 Å². The number of carbonyl (C=O) groups excluding carboxylic acids is 1. The van der Waals surface area contributed by atoms with E-state index in [0.717, 1.165) is 43.3 Å². The number of carbonyl (C=O) groups is 1. The van der Waals surface area contributed by atoms with Crippen LogP contribution in [0.2, 0.25) is 0 Å². The van der Waals surface area contributed by atoms with Gasteiger partial charge < -0.3 is 10.0 Å². The molecule has 1 saturated heterocycles. The fraction of sp³-hybridized carbons (Fsp3) is 0.500. The molecule has 0 spiro atoms. The fourth-order valence-corrected chi connectivity index (χ4v) is 2.54. The molecule has 1 atom stereocenters. The van der Waals surface area contributed by atoms with Gasteiger partial charge in [0.2, 0.25) is 0 Å². The van der Waals surface area contributed by atoms with E-state index in [2.05, 4.69) is 4.90 Å². The fourth-order valence-electron chi connectivity index (χ4n) is 2.54. The Kier molecular flexibility index (Phi) is 3.79. The Morgan fingerprint density at radius 1 is 1.53 bits per heavy atom. The average molecular weight is 233 g/mol. The first-order chi connectivity index (χ1) is 8.24. The monoisotopic (exact) mass is 233 g/mol. The summed E-state index contributed by atoms with van der Waals surface area (Å²) in [7, 11) is 0. The van der Waals surface area contributed by atoms with Gasteiger partial charge in [0.05, 0.1) is 0 Å². The predicted molar refractivity (Wildman–Crippen MR) is 68.6 cm³/mol. The lowest BCUT2D eigenvalue weighted by molar-refractivity contribution is 0.112. The minimum absolute atomic E-state index is 0.266. The van der Waals surface area contributed by atoms with Gasteiger partial charge in [0.25, 0.3) is 0 Å². The highest BCUT2D eigenvalue weighted by atomic mass is 16.3. The molecule has 3 nitrogen and oxygen atoms in total. The van der Waals surface area contributed by atoms with E-state index in [9.17, 15) is 9.90 Å². The number of hydrogen-bond donors (Lipinski definition) is 1. The molecule has 1 aromatic rings. The lowest BCUT2D eigenvalue weighted by atomic mass is 9.97. The molecule has 2 rings (SSSR count). The molecule has 0 saturated carbocycles. The summed E-state index contributed by atoms with van der Waals surface area (Å²) in [4.78, 5) is 13.0. The van der Waals surface area contributed by atoms with Crippen LogP contribution in [0.25, 0.3) is 0 Å². The number of nitrogens with zero attached hydrogens (tertiary/aromatic N) is 1. The summed E-state index contributed by atoms with van der Waals surface area (Å²) in [5.41, 5.74) is 3.05. The summed E-state index contributed by atoms with van der Waals surface area (Å²) >= 11 is 0. The van der Waals surface area contributed by atoms with Gasteiger partial charge in [-0.2, -0.15) is 0 Å². The van der Waals surface area contributed by atoms with Gasteiger partial charge in [-0.3, -0.25) is 4.79 Å². The molecule has 0 amide bonds. The topological polar surface area (TPSA) is 40.5 Å². The molecule has 1 N–H and O–H groups in total. The summed E-state index contributed by atoms with van der Waals surface area (Å²) in [5, 5.41) is 9.23. The lowest BCUT2D eigenvalue weighted by Gasteiger charge is -2.34. The standard InChI is InChI=1S/C14H19NO2/c1-11-7-12(9-16)4-5-14(11)15-6-2-3-13(8-15)10-17/h4-5,7,9,13,17H,2-3,6,8,10H2,1H3. The van der Waals surface area contributed by atoms with Gasteiger partial charge in [-0.1, -0.05) is 0 Å². The third-order valence-electron chi connectivity index (χ3n) is 3.47. The van der Waals surface area contributed by atoms with Crippen LogP contribution in [0.4, 0.5) is 5.69 Å². The van der Waals surface area contributed by atoms with Crippen molar-refractivity contribution < 1.29 is 9.90 Å². The molecule has 1 aliphatic heterocycles. The predicted octanol–water partition coefficient (Wildman–Crippen LogP) is 2.02. The van der Waals surface area contributed by atoms with Crippen LogP contribution in [-0.4, -0.2) is 31.1 Å². The molecule has 1 aromatic carbocycles. The highest BCUT2D eigenvalue weighted by molar-refractivity contribution is 5.77. The van der Waals surface area contributed by atoms with Crippen LogP contribution in [0, 0.1) is 12.8 Å². The maximum absolute atomic E-state index is 10.7. The van der Waals surface area contributed by atoms with Crippen molar-refractivity contribution in [2.75, 3.05) is 24.6 Å². The van der Waals surface area contributed by atoms with Crippen LogP contribution < -0.4 is 4.90 Å². The van der Waals surface area contributed by atoms with Gasteiger partial charge in [-0.25, -0.2) is 0 Å². The highest BCUT2D eigenvalue weighted by Crippen LogP contribution is 2.26. The Labute approximate surface area is 102 Å². The lowest BCUT2D eigenvalue weighted by Crippen LogP contribution is -2.37. The van der Waals surface area contributed by atoms with Crippen LogP contribution >= 0.6 is 0 Å². The Bertz CT molecular complexity index is 403. The van der Waals surface area contributed by atoms with Crippen molar-refractivity contribution in [2.45, 2.75) is 19.8 Å². The minimum atomic E-state index is 0.266. The second-order valence-corrected chi connectivity index (χ2v) is 4.80. The van der Waals surface area contributed by atoms with Gasteiger partial charge in [0.1, 0.15) is 6.29 Å². The van der Waals surface area contributed by atoms with Crippen molar-refractivity contribution in [3.05, 3.63) is 29.3 Å². The molecule has 1 aliphatic rings. The van der Waals surface area contributed by atoms with Crippen molar-refractivity contribution in [3.63, 3.8) is 0 Å². The zero-order valence-corrected chi connectivity index (χ0v) is 10.2. The second-order valence-electron chi connectivity index (χ2n) is 4.80. The molecule has 1 heterocycles. The zero-order chi connectivity index (χ0) is 12.3. The van der Waals surface area contributed by atoms with Crippen LogP contribution in [0.1, 0.15) is 28.8 Å². The summed E-state index contributed by atoms with van der Waals surface area (Å²) in [6, 6.07) is 5.79. The van der Waals surface area contributed by atoms with E-state index in [4.69, 9.17) is 0 Å². The Morgan fingerprint density at radius 2 is 2.35 bits per heavy atom. The van der Waals surface area contributed by atoms with E-state index in [-0.39, 0.29) is 6.61 Å². The number of aliphatic hydroxyl groups is 1. The van der Waals surface area contributed by atoms with Gasteiger partial charge in [-0.15, -0.1) is 0 Å². The van der Waals surface area contributed by atoms with Gasteiger partial charge in [0, 0.05) is 30.9 Å². The average Bonchev–Trinajstić information content (AvgIpc) is 2.38. The summed E-state index contributed by atoms with van der Waals surface area (Å²) in [6.45, 7) is 4.25. The smallest absolute Gasteiger partial charge is 0.150 e. The normalized spacial score (nSPS) is 20.4. The summed E-state index contributed by atoms with van der Waals surface area (Å²) < 4.78 is 0. The second kappa shape index (κ2) is 5.32. The Hall–Kier alpha value is -1.35. The van der Waals surface area contributed by atoms with Gasteiger partial charge in [0.15, 0.2) is 0 Å². The number of piperidine rings is 1. The third kappa shape index (κ3) is 2.67. The van der Waals surface area contributed by atoms with E-state index < -0.39 is 0 Å². The Morgan fingerprint density at radius 3 is 3.00 bits per heavy atom. The van der Waals surface area contributed by atoms with E-state index in [1.807, 2.05) is 25.1 Å².